The Hall–Kier alpha value is -1.73. The summed E-state index contributed by atoms with van der Waals surface area (Å²) in [5, 5.41) is 9.29. The van der Waals surface area contributed by atoms with E-state index in [0.717, 1.165) is 0 Å². The Morgan fingerprint density at radius 2 is 2.24 bits per heavy atom. The zero-order valence-corrected chi connectivity index (χ0v) is 12.5. The molecular weight excluding hydrogens is 298 g/mol. The summed E-state index contributed by atoms with van der Waals surface area (Å²) < 4.78 is 5.11. The molecule has 0 bridgehead atoms. The largest absolute Gasteiger partial charge is 0.480 e. The van der Waals surface area contributed by atoms with Crippen LogP contribution in [-0.4, -0.2) is 57.7 Å². The van der Waals surface area contributed by atoms with Gasteiger partial charge in [-0.1, -0.05) is 25.4 Å². The van der Waals surface area contributed by atoms with E-state index >= 15 is 0 Å². The minimum absolute atomic E-state index is 0.0310. The van der Waals surface area contributed by atoms with Crippen LogP contribution in [0.1, 0.15) is 36.1 Å². The second kappa shape index (κ2) is 6.36. The molecule has 0 radical (unpaired) electrons. The zero-order valence-electron chi connectivity index (χ0n) is 11.7. The molecule has 1 aliphatic rings. The van der Waals surface area contributed by atoms with Crippen LogP contribution in [0.2, 0.25) is 5.02 Å². The van der Waals surface area contributed by atoms with Crippen molar-refractivity contribution in [1.82, 2.24) is 14.9 Å². The topological polar surface area (TPSA) is 92.6 Å². The summed E-state index contributed by atoms with van der Waals surface area (Å²) in [6, 6.07) is -1.03. The smallest absolute Gasteiger partial charge is 0.328 e. The van der Waals surface area contributed by atoms with Gasteiger partial charge in [0.2, 0.25) is 0 Å². The zero-order chi connectivity index (χ0) is 15.6. The number of morpholine rings is 1. The Morgan fingerprint density at radius 1 is 1.52 bits per heavy atom. The Labute approximate surface area is 126 Å². The van der Waals surface area contributed by atoms with E-state index in [0.29, 0.717) is 5.82 Å². The highest BCUT2D eigenvalue weighted by Crippen LogP contribution is 2.20. The number of rotatable bonds is 3. The number of hydrogen-bond acceptors (Lipinski definition) is 5. The van der Waals surface area contributed by atoms with Crippen LogP contribution in [0.3, 0.4) is 0 Å². The van der Waals surface area contributed by atoms with Gasteiger partial charge >= 0.3 is 5.97 Å². The van der Waals surface area contributed by atoms with Crippen molar-refractivity contribution in [3.63, 3.8) is 0 Å². The third-order valence-electron chi connectivity index (χ3n) is 3.16. The monoisotopic (exact) mass is 313 g/mol. The number of hydrogen-bond donors (Lipinski definition) is 1. The average molecular weight is 314 g/mol. The van der Waals surface area contributed by atoms with Crippen molar-refractivity contribution in [3.05, 3.63) is 22.7 Å². The van der Waals surface area contributed by atoms with Crippen molar-refractivity contribution in [2.45, 2.75) is 25.8 Å². The maximum atomic E-state index is 12.5. The molecule has 2 rings (SSSR count). The number of aliphatic carboxylic acids is 1. The molecule has 0 spiro atoms. The molecule has 1 N–H and O–H groups in total. The van der Waals surface area contributed by atoms with Crippen molar-refractivity contribution in [3.8, 4) is 0 Å². The summed E-state index contributed by atoms with van der Waals surface area (Å²) in [5.41, 5.74) is 0.0310. The van der Waals surface area contributed by atoms with Gasteiger partial charge in [0, 0.05) is 12.5 Å². The maximum absolute atomic E-state index is 12.5. The lowest BCUT2D eigenvalue weighted by Gasteiger charge is -2.32. The van der Waals surface area contributed by atoms with Gasteiger partial charge in [-0.3, -0.25) is 4.79 Å². The number of halogens is 1. The van der Waals surface area contributed by atoms with Crippen LogP contribution in [0.5, 0.6) is 0 Å². The van der Waals surface area contributed by atoms with Crippen LogP contribution in [0.4, 0.5) is 0 Å². The number of carbonyl (C=O) groups excluding carboxylic acids is 1. The molecule has 1 aromatic heterocycles. The normalized spacial score (nSPS) is 18.9. The van der Waals surface area contributed by atoms with Gasteiger partial charge in [0.1, 0.15) is 5.82 Å². The van der Waals surface area contributed by atoms with E-state index in [-0.39, 0.29) is 36.4 Å². The van der Waals surface area contributed by atoms with Crippen molar-refractivity contribution >= 4 is 23.5 Å². The number of carboxylic acids is 1. The fourth-order valence-corrected chi connectivity index (χ4v) is 2.17. The standard InChI is InChI=1S/C13H16ClN3O4/c1-7(2)11-15-5-8(14)10(16-11)12(18)17-3-4-21-6-9(17)13(19)20/h5,7,9H,3-4,6H2,1-2H3,(H,19,20). The number of ether oxygens (including phenoxy) is 1. The minimum Gasteiger partial charge on any atom is -0.480 e. The van der Waals surface area contributed by atoms with Crippen LogP contribution in [0, 0.1) is 0 Å². The molecule has 21 heavy (non-hydrogen) atoms. The molecule has 1 unspecified atom stereocenters. The summed E-state index contributed by atoms with van der Waals surface area (Å²) in [6.07, 6.45) is 1.37. The maximum Gasteiger partial charge on any atom is 0.328 e. The van der Waals surface area contributed by atoms with E-state index in [1.54, 1.807) is 0 Å². The van der Waals surface area contributed by atoms with Gasteiger partial charge in [-0.05, 0) is 0 Å². The Morgan fingerprint density at radius 3 is 2.86 bits per heavy atom. The molecule has 0 aliphatic carbocycles. The second-order valence-corrected chi connectivity index (χ2v) is 5.41. The fourth-order valence-electron chi connectivity index (χ4n) is 2.00. The molecule has 2 heterocycles. The van der Waals surface area contributed by atoms with Crippen LogP contribution in [0.25, 0.3) is 0 Å². The van der Waals surface area contributed by atoms with E-state index < -0.39 is 17.9 Å². The number of carbonyl (C=O) groups is 2. The molecule has 114 valence electrons. The second-order valence-electron chi connectivity index (χ2n) is 5.01. The van der Waals surface area contributed by atoms with E-state index in [1.807, 2.05) is 13.8 Å². The molecule has 1 fully saturated rings. The summed E-state index contributed by atoms with van der Waals surface area (Å²) in [7, 11) is 0. The van der Waals surface area contributed by atoms with E-state index in [1.165, 1.54) is 11.1 Å². The lowest BCUT2D eigenvalue weighted by Crippen LogP contribution is -2.52. The molecule has 1 saturated heterocycles. The lowest BCUT2D eigenvalue weighted by atomic mass is 10.2. The summed E-state index contributed by atoms with van der Waals surface area (Å²) >= 11 is 5.99. The van der Waals surface area contributed by atoms with Crippen molar-refractivity contribution < 1.29 is 19.4 Å². The first-order valence-electron chi connectivity index (χ1n) is 6.55. The van der Waals surface area contributed by atoms with E-state index in [4.69, 9.17) is 16.3 Å². The minimum atomic E-state index is -1.11. The van der Waals surface area contributed by atoms with E-state index in [9.17, 15) is 14.7 Å². The highest BCUT2D eigenvalue weighted by molar-refractivity contribution is 6.33. The van der Waals surface area contributed by atoms with Crippen molar-refractivity contribution in [1.29, 1.82) is 0 Å². The first-order valence-corrected chi connectivity index (χ1v) is 6.93. The lowest BCUT2D eigenvalue weighted by molar-refractivity contribution is -0.147. The van der Waals surface area contributed by atoms with Crippen molar-refractivity contribution in [2.75, 3.05) is 19.8 Å². The number of aromatic nitrogens is 2. The van der Waals surface area contributed by atoms with Gasteiger partial charge in [0.05, 0.1) is 24.4 Å². The molecule has 1 amide bonds. The summed E-state index contributed by atoms with van der Waals surface area (Å²) in [5.74, 6) is -1.10. The molecule has 0 saturated carbocycles. The third-order valence-corrected chi connectivity index (χ3v) is 3.43. The first-order chi connectivity index (χ1) is 9.91. The van der Waals surface area contributed by atoms with Crippen LogP contribution < -0.4 is 0 Å². The quantitative estimate of drug-likeness (QED) is 0.900. The summed E-state index contributed by atoms with van der Waals surface area (Å²) in [4.78, 5) is 33.2. The molecule has 7 nitrogen and oxygen atoms in total. The molecular formula is C13H16ClN3O4. The highest BCUT2D eigenvalue weighted by Gasteiger charge is 2.34. The molecule has 0 aromatic carbocycles. The molecule has 8 heteroatoms. The van der Waals surface area contributed by atoms with Gasteiger partial charge in [0.25, 0.3) is 5.91 Å². The van der Waals surface area contributed by atoms with Crippen LogP contribution in [0.15, 0.2) is 6.20 Å². The van der Waals surface area contributed by atoms with Crippen LogP contribution in [-0.2, 0) is 9.53 Å². The van der Waals surface area contributed by atoms with Crippen molar-refractivity contribution in [2.24, 2.45) is 0 Å². The highest BCUT2D eigenvalue weighted by atomic mass is 35.5. The summed E-state index contributed by atoms with van der Waals surface area (Å²) in [6.45, 7) is 4.22. The average Bonchev–Trinajstić information content (AvgIpc) is 2.46. The van der Waals surface area contributed by atoms with Crippen LogP contribution >= 0.6 is 11.6 Å². The predicted molar refractivity (Wildman–Crippen MR) is 74.4 cm³/mol. The first kappa shape index (κ1) is 15.7. The fraction of sp³-hybridized carbons (Fsp3) is 0.538. The third kappa shape index (κ3) is 3.30. The number of nitrogens with zero attached hydrogens (tertiary/aromatic N) is 3. The number of amides is 1. The van der Waals surface area contributed by atoms with Gasteiger partial charge in [-0.25, -0.2) is 14.8 Å². The predicted octanol–water partition coefficient (Wildman–Crippen LogP) is 1.18. The Bertz CT molecular complexity index is 564. The van der Waals surface area contributed by atoms with Gasteiger partial charge < -0.3 is 14.7 Å². The molecule has 1 aromatic rings. The van der Waals surface area contributed by atoms with Gasteiger partial charge in [-0.2, -0.15) is 0 Å². The Balaban J connectivity index is 2.34. The molecule has 1 atom stereocenters. The number of carboxylic acid groups (broad SMARTS) is 1. The van der Waals surface area contributed by atoms with Gasteiger partial charge in [0.15, 0.2) is 11.7 Å². The molecule has 1 aliphatic heterocycles. The SMILES string of the molecule is CC(C)c1ncc(Cl)c(C(=O)N2CCOCC2C(=O)O)n1. The Kier molecular flexibility index (Phi) is 4.74. The van der Waals surface area contributed by atoms with Gasteiger partial charge in [-0.15, -0.1) is 0 Å². The van der Waals surface area contributed by atoms with E-state index in [2.05, 4.69) is 9.97 Å².